The predicted octanol–water partition coefficient (Wildman–Crippen LogP) is 4.97. The molecule has 0 radical (unpaired) electrons. The highest BCUT2D eigenvalue weighted by Crippen LogP contribution is 2.36. The van der Waals surface area contributed by atoms with E-state index in [-0.39, 0.29) is 24.8 Å². The molecule has 15 heteroatoms. The third-order valence-corrected chi connectivity index (χ3v) is 8.09. The molecule has 51 heavy (non-hydrogen) atoms. The van der Waals surface area contributed by atoms with Crippen LogP contribution in [0.25, 0.3) is 0 Å². The summed E-state index contributed by atoms with van der Waals surface area (Å²) >= 11 is 2.16. The number of esters is 2. The molecule has 2 atom stereocenters. The fourth-order valence-corrected chi connectivity index (χ4v) is 5.77. The second kappa shape index (κ2) is 18.8. The molecule has 14 nitrogen and oxygen atoms in total. The molecule has 0 bridgehead atoms. The predicted molar refractivity (Wildman–Crippen MR) is 196 cm³/mol. The number of aliphatic hydroxyl groups is 1. The van der Waals surface area contributed by atoms with Crippen molar-refractivity contribution in [3.8, 4) is 23.0 Å². The van der Waals surface area contributed by atoms with Crippen molar-refractivity contribution in [3.05, 3.63) is 91.7 Å². The van der Waals surface area contributed by atoms with E-state index in [4.69, 9.17) is 28.4 Å². The van der Waals surface area contributed by atoms with Gasteiger partial charge in [-0.1, -0.05) is 18.2 Å². The Balaban J connectivity index is 1.38. The van der Waals surface area contributed by atoms with Crippen LogP contribution in [0.5, 0.6) is 23.0 Å². The van der Waals surface area contributed by atoms with E-state index in [1.165, 1.54) is 13.3 Å². The molecule has 3 aromatic carbocycles. The fraction of sp³-hybridized carbons (Fsp3) is 0.333. The van der Waals surface area contributed by atoms with Crippen molar-refractivity contribution in [2.75, 3.05) is 33.5 Å². The molecule has 4 rings (SSSR count). The van der Waals surface area contributed by atoms with Crippen molar-refractivity contribution < 1.29 is 47.9 Å². The van der Waals surface area contributed by atoms with Crippen LogP contribution in [0.1, 0.15) is 60.8 Å². The van der Waals surface area contributed by atoms with Crippen molar-refractivity contribution >= 4 is 46.8 Å². The number of hydrogen-bond acceptors (Lipinski definition) is 12. The summed E-state index contributed by atoms with van der Waals surface area (Å²) in [6.45, 7) is 8.18. The lowest BCUT2D eigenvalue weighted by molar-refractivity contribution is -0.136. The first-order chi connectivity index (χ1) is 24.6. The van der Waals surface area contributed by atoms with E-state index < -0.39 is 24.3 Å². The minimum absolute atomic E-state index is 0.178. The number of carbonyl (C=O) groups is 3. The molecule has 3 aromatic rings. The van der Waals surface area contributed by atoms with Gasteiger partial charge in [-0.3, -0.25) is 5.43 Å². The van der Waals surface area contributed by atoms with Crippen molar-refractivity contribution in [2.24, 2.45) is 5.10 Å². The van der Waals surface area contributed by atoms with Crippen molar-refractivity contribution in [2.45, 2.75) is 46.6 Å². The van der Waals surface area contributed by atoms with E-state index >= 15 is 0 Å². The number of carbonyl (C=O) groups excluding carboxylic acids is 3. The van der Waals surface area contributed by atoms with Crippen molar-refractivity contribution in [1.82, 2.24) is 16.1 Å². The lowest BCUT2D eigenvalue weighted by atomic mass is 9.95. The Labute approximate surface area is 309 Å². The number of nitrogens with zero attached hydrogens (tertiary/aromatic N) is 1. The van der Waals surface area contributed by atoms with Crippen LogP contribution in [-0.4, -0.2) is 69.1 Å². The number of aliphatic hydroxyl groups excluding tert-OH is 1. The van der Waals surface area contributed by atoms with Crippen LogP contribution in [0.2, 0.25) is 0 Å². The van der Waals surface area contributed by atoms with Gasteiger partial charge < -0.3 is 44.2 Å². The van der Waals surface area contributed by atoms with Gasteiger partial charge in [0.2, 0.25) is 0 Å². The third kappa shape index (κ3) is 10.5. The number of methoxy groups -OCH3 is 1. The van der Waals surface area contributed by atoms with Gasteiger partial charge >= 0.3 is 18.0 Å². The van der Waals surface area contributed by atoms with Crippen LogP contribution in [0.4, 0.5) is 4.79 Å². The first-order valence-electron chi connectivity index (χ1n) is 16.2. The summed E-state index contributed by atoms with van der Waals surface area (Å²) < 4.78 is 34.3. The van der Waals surface area contributed by atoms with E-state index in [0.717, 1.165) is 9.13 Å². The molecule has 0 aliphatic carbocycles. The molecule has 2 amide bonds. The van der Waals surface area contributed by atoms with Gasteiger partial charge in [0.05, 0.1) is 53.9 Å². The lowest BCUT2D eigenvalue weighted by Gasteiger charge is -2.28. The number of rotatable bonds is 17. The summed E-state index contributed by atoms with van der Waals surface area (Å²) in [6.07, 6.45) is 0.354. The second-order valence-electron chi connectivity index (χ2n) is 10.9. The number of amides is 2. The topological polar surface area (TPSA) is 175 Å². The number of benzene rings is 3. The normalized spacial score (nSPS) is 14.6. The lowest BCUT2D eigenvalue weighted by Crippen LogP contribution is -2.45. The Kier molecular flexibility index (Phi) is 14.3. The number of allylic oxidation sites excluding steroid dienone is 1. The fourth-order valence-electron chi connectivity index (χ4n) is 4.99. The zero-order valence-corrected chi connectivity index (χ0v) is 31.1. The van der Waals surface area contributed by atoms with Crippen LogP contribution in [-0.2, 0) is 20.9 Å². The van der Waals surface area contributed by atoms with Crippen LogP contribution in [0.3, 0.4) is 0 Å². The maximum atomic E-state index is 12.5. The highest BCUT2D eigenvalue weighted by molar-refractivity contribution is 14.1. The number of ether oxygens (including phenoxy) is 6. The average Bonchev–Trinajstić information content (AvgIpc) is 3.10. The molecule has 4 N–H and O–H groups in total. The smallest absolute Gasteiger partial charge is 0.338 e. The second-order valence-corrected chi connectivity index (χ2v) is 12.0. The summed E-state index contributed by atoms with van der Waals surface area (Å²) in [7, 11) is 1.27. The van der Waals surface area contributed by atoms with Crippen LogP contribution >= 0.6 is 22.6 Å². The largest absolute Gasteiger partial charge is 0.490 e. The molecule has 0 spiro atoms. The SMILES string of the molecule is CCOC(=O)c1ccc(COc2c(I)cc(/C=N/N[C@H](O)COc3ccc([C@@H]4NC(=O)NC(C)=C4C(=O)OC)cc3OCC)cc2OCC)cc1. The Hall–Kier alpha value is -5.03. The first kappa shape index (κ1) is 38.8. The highest BCUT2D eigenvalue weighted by Gasteiger charge is 2.32. The van der Waals surface area contributed by atoms with Crippen LogP contribution < -0.4 is 35.0 Å². The Morgan fingerprint density at radius 2 is 1.67 bits per heavy atom. The zero-order valence-electron chi connectivity index (χ0n) is 28.9. The number of urea groups is 1. The molecule has 0 saturated heterocycles. The van der Waals surface area contributed by atoms with Gasteiger partial charge in [-0.15, -0.1) is 0 Å². The molecular weight excluding hydrogens is 775 g/mol. The van der Waals surface area contributed by atoms with Crippen molar-refractivity contribution in [3.63, 3.8) is 0 Å². The quantitative estimate of drug-likeness (QED) is 0.0477. The van der Waals surface area contributed by atoms with Gasteiger partial charge in [0.15, 0.2) is 29.2 Å². The zero-order chi connectivity index (χ0) is 36.9. The molecule has 0 aromatic heterocycles. The van der Waals surface area contributed by atoms with Gasteiger partial charge in [0.1, 0.15) is 13.2 Å². The van der Waals surface area contributed by atoms with E-state index in [1.807, 2.05) is 32.0 Å². The minimum Gasteiger partial charge on any atom is -0.490 e. The molecular formula is C36H41IN4O10. The number of halogens is 1. The maximum absolute atomic E-state index is 12.5. The summed E-state index contributed by atoms with van der Waals surface area (Å²) in [4.78, 5) is 36.6. The van der Waals surface area contributed by atoms with E-state index in [2.05, 4.69) is 43.8 Å². The molecule has 272 valence electrons. The molecule has 0 unspecified atom stereocenters. The summed E-state index contributed by atoms with van der Waals surface area (Å²) in [5.41, 5.74) is 5.90. The standard InChI is InChI=1S/C36H41IN4O10/c1-6-47-28-17-25(32-31(35(44)46-5)21(4)39-36(45)40-32)13-14-27(28)50-20-30(42)41-38-18-23-15-26(37)33(29(16-23)48-7-2)51-19-22-9-11-24(12-10-22)34(43)49-8-3/h9-18,30,32,41-42H,6-8,19-20H2,1-5H3,(H2,39,40,45)/b38-18+/t30-,32+/m1/s1. The molecule has 0 fully saturated rings. The number of hydrogen-bond donors (Lipinski definition) is 4. The first-order valence-corrected chi connectivity index (χ1v) is 17.2. The molecule has 0 saturated carbocycles. The Morgan fingerprint density at radius 3 is 2.35 bits per heavy atom. The van der Waals surface area contributed by atoms with Crippen LogP contribution in [0, 0.1) is 3.57 Å². The minimum atomic E-state index is -1.18. The van der Waals surface area contributed by atoms with Gasteiger partial charge in [-0.2, -0.15) is 5.10 Å². The molecule has 1 heterocycles. The van der Waals surface area contributed by atoms with Crippen molar-refractivity contribution in [1.29, 1.82) is 0 Å². The Morgan fingerprint density at radius 1 is 0.941 bits per heavy atom. The van der Waals surface area contributed by atoms with Gasteiger partial charge in [-0.25, -0.2) is 14.4 Å². The van der Waals surface area contributed by atoms with E-state index in [1.54, 1.807) is 50.2 Å². The summed E-state index contributed by atoms with van der Waals surface area (Å²) in [5.74, 6) is 0.835. The van der Waals surface area contributed by atoms with Gasteiger partial charge in [0.25, 0.3) is 0 Å². The average molecular weight is 817 g/mol. The summed E-state index contributed by atoms with van der Waals surface area (Å²) in [5, 5.41) is 20.1. The monoisotopic (exact) mass is 816 g/mol. The van der Waals surface area contributed by atoms with Crippen LogP contribution in [0.15, 0.2) is 71.0 Å². The van der Waals surface area contributed by atoms with Gasteiger partial charge in [-0.05, 0) is 103 Å². The van der Waals surface area contributed by atoms with E-state index in [9.17, 15) is 19.5 Å². The summed E-state index contributed by atoms with van der Waals surface area (Å²) in [6, 6.07) is 14.4. The molecule has 1 aliphatic heterocycles. The Bertz CT molecular complexity index is 1760. The number of hydrazone groups is 1. The van der Waals surface area contributed by atoms with Gasteiger partial charge in [0, 0.05) is 5.70 Å². The highest BCUT2D eigenvalue weighted by atomic mass is 127. The molecule has 1 aliphatic rings. The maximum Gasteiger partial charge on any atom is 0.338 e. The number of nitrogens with one attached hydrogen (secondary N) is 3. The third-order valence-electron chi connectivity index (χ3n) is 7.29. The van der Waals surface area contributed by atoms with E-state index in [0.29, 0.717) is 65.2 Å².